The van der Waals surface area contributed by atoms with Gasteiger partial charge < -0.3 is 10.5 Å². The molecule has 16 heavy (non-hydrogen) atoms. The Kier molecular flexibility index (Phi) is 2.51. The van der Waals surface area contributed by atoms with E-state index in [1.807, 2.05) is 0 Å². The molecule has 2 rings (SSSR count). The normalized spacial score (nSPS) is 11.9. The van der Waals surface area contributed by atoms with E-state index in [4.69, 9.17) is 10.5 Å². The number of nitrogens with zero attached hydrogens (tertiary/aromatic N) is 1. The number of nitrogens with two attached hydrogens (primary N) is 1. The summed E-state index contributed by atoms with van der Waals surface area (Å²) >= 11 is 1.11. The number of rotatable bonds is 2. The van der Waals surface area contributed by atoms with Crippen molar-refractivity contribution in [3.63, 3.8) is 0 Å². The van der Waals surface area contributed by atoms with Crippen LogP contribution >= 0.6 is 11.3 Å². The minimum absolute atomic E-state index is 0.0927. The number of methoxy groups -OCH3 is 1. The van der Waals surface area contributed by atoms with Gasteiger partial charge in [0, 0.05) is 12.3 Å². The van der Waals surface area contributed by atoms with Crippen molar-refractivity contribution in [2.75, 3.05) is 19.1 Å². The molecule has 86 valence electrons. The molecule has 1 aromatic carbocycles. The van der Waals surface area contributed by atoms with E-state index in [1.165, 1.54) is 7.11 Å². The second-order valence-electron chi connectivity index (χ2n) is 3.31. The number of anilines is 1. The third-order valence-electron chi connectivity index (χ3n) is 2.04. The molecule has 2 N–H and O–H groups in total. The lowest BCUT2D eigenvalue weighted by atomic mass is 10.3. The summed E-state index contributed by atoms with van der Waals surface area (Å²) in [6, 6.07) is 3.30. The van der Waals surface area contributed by atoms with Gasteiger partial charge in [0.15, 0.2) is 0 Å². The highest BCUT2D eigenvalue weighted by Crippen LogP contribution is 2.32. The molecule has 0 aliphatic heterocycles. The van der Waals surface area contributed by atoms with Crippen molar-refractivity contribution in [3.05, 3.63) is 12.1 Å². The third kappa shape index (κ3) is 1.83. The first-order valence-electron chi connectivity index (χ1n) is 4.36. The molecular formula is C9H10N2O3S2. The van der Waals surface area contributed by atoms with Crippen LogP contribution in [0.25, 0.3) is 10.2 Å². The minimum Gasteiger partial charge on any atom is -0.495 e. The van der Waals surface area contributed by atoms with Gasteiger partial charge in [-0.05, 0) is 6.07 Å². The lowest BCUT2D eigenvalue weighted by molar-refractivity contribution is 0.417. The van der Waals surface area contributed by atoms with Gasteiger partial charge in [-0.3, -0.25) is 0 Å². The first kappa shape index (κ1) is 11.2. The molecule has 0 bridgehead atoms. The maximum absolute atomic E-state index is 11.3. The second kappa shape index (κ2) is 3.60. The van der Waals surface area contributed by atoms with Gasteiger partial charge in [0.25, 0.3) is 0 Å². The number of ether oxygens (including phenoxy) is 1. The molecule has 5 nitrogen and oxygen atoms in total. The smallest absolute Gasteiger partial charge is 0.210 e. The Labute approximate surface area is 96.8 Å². The second-order valence-corrected chi connectivity index (χ2v) is 6.53. The fourth-order valence-electron chi connectivity index (χ4n) is 1.29. The summed E-state index contributed by atoms with van der Waals surface area (Å²) in [5, 5.41) is 0. The molecule has 0 aliphatic carbocycles. The number of sulfone groups is 1. The average Bonchev–Trinajstić information content (AvgIpc) is 2.58. The quantitative estimate of drug-likeness (QED) is 0.821. The van der Waals surface area contributed by atoms with Gasteiger partial charge in [-0.2, -0.15) is 0 Å². The minimum atomic E-state index is -3.27. The van der Waals surface area contributed by atoms with Crippen LogP contribution in [-0.2, 0) is 9.84 Å². The molecule has 0 unspecified atom stereocenters. The van der Waals surface area contributed by atoms with Gasteiger partial charge in [-0.15, -0.1) is 11.3 Å². The van der Waals surface area contributed by atoms with Crippen molar-refractivity contribution in [2.45, 2.75) is 4.34 Å². The topological polar surface area (TPSA) is 82.3 Å². The summed E-state index contributed by atoms with van der Waals surface area (Å²) in [6.07, 6.45) is 1.13. The highest BCUT2D eigenvalue weighted by molar-refractivity contribution is 7.92. The Morgan fingerprint density at radius 2 is 2.12 bits per heavy atom. The fourth-order valence-corrected chi connectivity index (χ4v) is 3.13. The van der Waals surface area contributed by atoms with Crippen molar-refractivity contribution in [1.82, 2.24) is 4.98 Å². The van der Waals surface area contributed by atoms with Gasteiger partial charge in [-0.1, -0.05) is 0 Å². The number of thiazole rings is 1. The highest BCUT2D eigenvalue weighted by atomic mass is 32.2. The van der Waals surface area contributed by atoms with E-state index in [1.54, 1.807) is 12.1 Å². The van der Waals surface area contributed by atoms with Gasteiger partial charge in [0.05, 0.1) is 23.0 Å². The van der Waals surface area contributed by atoms with Crippen LogP contribution in [0.4, 0.5) is 5.69 Å². The molecule has 0 radical (unpaired) electrons. The Hall–Kier alpha value is -1.34. The van der Waals surface area contributed by atoms with E-state index in [0.29, 0.717) is 17.0 Å². The molecule has 0 atom stereocenters. The van der Waals surface area contributed by atoms with E-state index in [9.17, 15) is 8.42 Å². The van der Waals surface area contributed by atoms with Crippen LogP contribution in [0.3, 0.4) is 0 Å². The number of nitrogen functional groups attached to an aromatic ring is 1. The van der Waals surface area contributed by atoms with Gasteiger partial charge >= 0.3 is 0 Å². The summed E-state index contributed by atoms with van der Waals surface area (Å²) in [6.45, 7) is 0. The average molecular weight is 258 g/mol. The summed E-state index contributed by atoms with van der Waals surface area (Å²) in [5.74, 6) is 0.524. The van der Waals surface area contributed by atoms with Crippen molar-refractivity contribution < 1.29 is 13.2 Å². The Morgan fingerprint density at radius 1 is 1.44 bits per heavy atom. The molecule has 0 amide bonds. The molecular weight excluding hydrogens is 248 g/mol. The first-order chi connectivity index (χ1) is 7.41. The molecule has 2 aromatic rings. The number of hydrogen-bond donors (Lipinski definition) is 1. The van der Waals surface area contributed by atoms with E-state index < -0.39 is 9.84 Å². The number of fused-ring (bicyclic) bond motifs is 1. The zero-order valence-corrected chi connectivity index (χ0v) is 10.4. The molecule has 0 fully saturated rings. The van der Waals surface area contributed by atoms with Crippen molar-refractivity contribution in [1.29, 1.82) is 0 Å². The van der Waals surface area contributed by atoms with E-state index in [0.717, 1.165) is 22.3 Å². The molecule has 0 aliphatic rings. The van der Waals surface area contributed by atoms with Crippen LogP contribution < -0.4 is 10.5 Å². The fraction of sp³-hybridized carbons (Fsp3) is 0.222. The Morgan fingerprint density at radius 3 is 2.69 bits per heavy atom. The number of hydrogen-bond acceptors (Lipinski definition) is 6. The van der Waals surface area contributed by atoms with E-state index >= 15 is 0 Å². The number of aromatic nitrogens is 1. The summed E-state index contributed by atoms with van der Waals surface area (Å²) in [4.78, 5) is 4.02. The number of benzene rings is 1. The van der Waals surface area contributed by atoms with Crippen LogP contribution in [0.1, 0.15) is 0 Å². The van der Waals surface area contributed by atoms with Crippen molar-refractivity contribution in [3.8, 4) is 5.75 Å². The predicted octanol–water partition coefficient (Wildman–Crippen LogP) is 1.29. The zero-order valence-electron chi connectivity index (χ0n) is 8.72. The lowest BCUT2D eigenvalue weighted by Crippen LogP contribution is -1.95. The van der Waals surface area contributed by atoms with E-state index in [2.05, 4.69) is 4.98 Å². The van der Waals surface area contributed by atoms with Gasteiger partial charge in [-0.25, -0.2) is 13.4 Å². The maximum Gasteiger partial charge on any atom is 0.210 e. The Balaban J connectivity index is 2.72. The molecule has 0 spiro atoms. The predicted molar refractivity (Wildman–Crippen MR) is 63.7 cm³/mol. The van der Waals surface area contributed by atoms with Gasteiger partial charge in [0.2, 0.25) is 14.2 Å². The lowest BCUT2D eigenvalue weighted by Gasteiger charge is -2.02. The van der Waals surface area contributed by atoms with Crippen molar-refractivity contribution >= 4 is 37.1 Å². The largest absolute Gasteiger partial charge is 0.495 e. The van der Waals surface area contributed by atoms with E-state index in [-0.39, 0.29) is 4.34 Å². The molecule has 0 saturated heterocycles. The van der Waals surface area contributed by atoms with Crippen LogP contribution in [0.2, 0.25) is 0 Å². The van der Waals surface area contributed by atoms with Gasteiger partial charge in [0.1, 0.15) is 5.75 Å². The maximum atomic E-state index is 11.3. The molecule has 7 heteroatoms. The molecule has 0 saturated carbocycles. The monoisotopic (exact) mass is 258 g/mol. The standard InChI is InChI=1S/C9H10N2O3S2/c1-14-7-4-8-6(3-5(7)10)11-9(15-8)16(2,12)13/h3-4H,10H2,1-2H3. The highest BCUT2D eigenvalue weighted by Gasteiger charge is 2.15. The zero-order chi connectivity index (χ0) is 11.9. The van der Waals surface area contributed by atoms with Crippen LogP contribution in [0.5, 0.6) is 5.75 Å². The first-order valence-corrected chi connectivity index (χ1v) is 7.06. The third-order valence-corrected chi connectivity index (χ3v) is 4.73. The Bertz CT molecular complexity index is 646. The summed E-state index contributed by atoms with van der Waals surface area (Å²) in [7, 11) is -1.76. The van der Waals surface area contributed by atoms with Crippen LogP contribution in [0.15, 0.2) is 16.5 Å². The van der Waals surface area contributed by atoms with Crippen molar-refractivity contribution in [2.24, 2.45) is 0 Å². The SMILES string of the molecule is COc1cc2sc(S(C)(=O)=O)nc2cc1N. The van der Waals surface area contributed by atoms with Crippen LogP contribution in [0, 0.1) is 0 Å². The summed E-state index contributed by atoms with van der Waals surface area (Å²) in [5.41, 5.74) is 6.72. The molecule has 1 heterocycles. The summed E-state index contributed by atoms with van der Waals surface area (Å²) < 4.78 is 28.5. The van der Waals surface area contributed by atoms with Crippen LogP contribution in [-0.4, -0.2) is 26.8 Å². The molecule has 1 aromatic heterocycles.